The molecule has 2 saturated carbocycles. The molecule has 2 aromatic rings. The molecule has 4 rings (SSSR count). The molecule has 2 fully saturated rings. The lowest BCUT2D eigenvalue weighted by Crippen LogP contribution is -2.23. The third-order valence-electron chi connectivity index (χ3n) is 9.13. The van der Waals surface area contributed by atoms with Crippen LogP contribution in [0.4, 0.5) is 22.0 Å². The number of ether oxygens (including phenoxy) is 1. The Kier molecular flexibility index (Phi) is 9.75. The second kappa shape index (κ2) is 12.8. The lowest BCUT2D eigenvalue weighted by atomic mass is 9.70. The van der Waals surface area contributed by atoms with Crippen LogP contribution < -0.4 is 4.74 Å². The Hall–Kier alpha value is -2.11. The molecular formula is C32H41F5O. The summed E-state index contributed by atoms with van der Waals surface area (Å²) in [7, 11) is 0. The van der Waals surface area contributed by atoms with Crippen LogP contribution in [0.5, 0.6) is 5.75 Å². The van der Waals surface area contributed by atoms with Gasteiger partial charge in [-0.2, -0.15) is 0 Å². The molecule has 0 aliphatic heterocycles. The Morgan fingerprint density at radius 2 is 1.42 bits per heavy atom. The standard InChI is InChI=1S/C32H41F5O/c1-3-4-5-22-6-10-24(11-7-22)21(2)18-23-8-12-25(13-9-23)27-19-29(33)31(30(34)20-27)26-14-16-28(17-15-26)38-32(35,36)37/h14-17,19-25H,3-13,18H2,1-2H3. The quantitative estimate of drug-likeness (QED) is 0.290. The Balaban J connectivity index is 1.30. The summed E-state index contributed by atoms with van der Waals surface area (Å²) < 4.78 is 71.1. The first-order chi connectivity index (χ1) is 18.1. The number of rotatable bonds is 9. The van der Waals surface area contributed by atoms with Crippen LogP contribution in [-0.2, 0) is 0 Å². The summed E-state index contributed by atoms with van der Waals surface area (Å²) >= 11 is 0. The van der Waals surface area contributed by atoms with E-state index in [0.29, 0.717) is 11.5 Å². The molecule has 210 valence electrons. The molecule has 0 N–H and O–H groups in total. The average molecular weight is 537 g/mol. The van der Waals surface area contributed by atoms with Crippen LogP contribution in [0.25, 0.3) is 11.1 Å². The van der Waals surface area contributed by atoms with Crippen LogP contribution in [0.15, 0.2) is 36.4 Å². The van der Waals surface area contributed by atoms with Gasteiger partial charge in [-0.15, -0.1) is 13.2 Å². The van der Waals surface area contributed by atoms with Crippen LogP contribution in [0, 0.1) is 35.3 Å². The summed E-state index contributed by atoms with van der Waals surface area (Å²) in [6.45, 7) is 4.70. The highest BCUT2D eigenvalue weighted by Crippen LogP contribution is 2.43. The smallest absolute Gasteiger partial charge is 0.406 e. The molecule has 0 spiro atoms. The van der Waals surface area contributed by atoms with Gasteiger partial charge >= 0.3 is 6.36 Å². The minimum absolute atomic E-state index is 0.135. The normalized spacial score (nSPS) is 25.2. The van der Waals surface area contributed by atoms with Gasteiger partial charge in [-0.3, -0.25) is 0 Å². The molecular weight excluding hydrogens is 495 g/mol. The predicted molar refractivity (Wildman–Crippen MR) is 142 cm³/mol. The summed E-state index contributed by atoms with van der Waals surface area (Å²) in [5, 5.41) is 0. The molecule has 38 heavy (non-hydrogen) atoms. The van der Waals surface area contributed by atoms with Crippen LogP contribution in [-0.4, -0.2) is 6.36 Å². The largest absolute Gasteiger partial charge is 0.573 e. The van der Waals surface area contributed by atoms with E-state index in [0.717, 1.165) is 55.6 Å². The van der Waals surface area contributed by atoms with Gasteiger partial charge in [-0.1, -0.05) is 58.1 Å². The van der Waals surface area contributed by atoms with Crippen molar-refractivity contribution in [2.24, 2.45) is 23.7 Å². The van der Waals surface area contributed by atoms with E-state index >= 15 is 8.78 Å². The van der Waals surface area contributed by atoms with Gasteiger partial charge in [0.2, 0.25) is 0 Å². The fourth-order valence-corrected chi connectivity index (χ4v) is 6.92. The monoisotopic (exact) mass is 536 g/mol. The molecule has 0 radical (unpaired) electrons. The topological polar surface area (TPSA) is 9.23 Å². The van der Waals surface area contributed by atoms with Crippen molar-refractivity contribution in [2.45, 2.75) is 103 Å². The van der Waals surface area contributed by atoms with Gasteiger partial charge in [0.05, 0.1) is 5.56 Å². The van der Waals surface area contributed by atoms with Gasteiger partial charge in [0.15, 0.2) is 0 Å². The van der Waals surface area contributed by atoms with E-state index in [4.69, 9.17) is 0 Å². The first-order valence-corrected chi connectivity index (χ1v) is 14.5. The summed E-state index contributed by atoms with van der Waals surface area (Å²) in [4.78, 5) is 0. The van der Waals surface area contributed by atoms with Crippen molar-refractivity contribution in [3.8, 4) is 16.9 Å². The lowest BCUT2D eigenvalue weighted by molar-refractivity contribution is -0.274. The number of halogens is 5. The van der Waals surface area contributed by atoms with Crippen molar-refractivity contribution in [3.63, 3.8) is 0 Å². The van der Waals surface area contributed by atoms with Gasteiger partial charge < -0.3 is 4.74 Å². The first-order valence-electron chi connectivity index (χ1n) is 14.5. The molecule has 2 aliphatic rings. The molecule has 0 amide bonds. The molecule has 1 atom stereocenters. The van der Waals surface area contributed by atoms with E-state index in [1.54, 1.807) is 0 Å². The van der Waals surface area contributed by atoms with Gasteiger partial charge in [0.1, 0.15) is 17.4 Å². The minimum Gasteiger partial charge on any atom is -0.406 e. The van der Waals surface area contributed by atoms with Crippen molar-refractivity contribution in [2.75, 3.05) is 0 Å². The second-order valence-electron chi connectivity index (χ2n) is 11.8. The van der Waals surface area contributed by atoms with Crippen molar-refractivity contribution >= 4 is 0 Å². The molecule has 1 unspecified atom stereocenters. The van der Waals surface area contributed by atoms with E-state index in [9.17, 15) is 13.2 Å². The summed E-state index contributed by atoms with van der Waals surface area (Å²) in [6, 6.07) is 7.43. The van der Waals surface area contributed by atoms with E-state index in [1.165, 1.54) is 75.6 Å². The number of unbranched alkanes of at least 4 members (excludes halogenated alkanes) is 1. The zero-order chi connectivity index (χ0) is 27.3. The maximum Gasteiger partial charge on any atom is 0.573 e. The highest BCUT2D eigenvalue weighted by atomic mass is 19.4. The van der Waals surface area contributed by atoms with Crippen molar-refractivity contribution in [3.05, 3.63) is 53.6 Å². The van der Waals surface area contributed by atoms with E-state index in [2.05, 4.69) is 18.6 Å². The molecule has 2 aromatic carbocycles. The number of hydrogen-bond donors (Lipinski definition) is 0. The Labute approximate surface area is 224 Å². The summed E-state index contributed by atoms with van der Waals surface area (Å²) in [5.74, 6) is 1.54. The van der Waals surface area contributed by atoms with Crippen LogP contribution >= 0.6 is 0 Å². The van der Waals surface area contributed by atoms with E-state index in [1.807, 2.05) is 0 Å². The molecule has 0 bridgehead atoms. The van der Waals surface area contributed by atoms with Gasteiger partial charge in [-0.05, 0) is 110 Å². The Morgan fingerprint density at radius 3 is 1.97 bits per heavy atom. The molecule has 1 nitrogen and oxygen atoms in total. The van der Waals surface area contributed by atoms with Gasteiger partial charge in [0, 0.05) is 0 Å². The molecule has 0 aromatic heterocycles. The summed E-state index contributed by atoms with van der Waals surface area (Å²) in [6.07, 6.45) is 10.1. The van der Waals surface area contributed by atoms with Crippen LogP contribution in [0.1, 0.15) is 102 Å². The highest BCUT2D eigenvalue weighted by Gasteiger charge is 2.32. The Morgan fingerprint density at radius 1 is 0.842 bits per heavy atom. The van der Waals surface area contributed by atoms with Crippen LogP contribution in [0.3, 0.4) is 0 Å². The fourth-order valence-electron chi connectivity index (χ4n) is 6.92. The van der Waals surface area contributed by atoms with Crippen molar-refractivity contribution < 1.29 is 26.7 Å². The van der Waals surface area contributed by atoms with Gasteiger partial charge in [-0.25, -0.2) is 8.78 Å². The Bertz CT molecular complexity index is 992. The molecule has 2 aliphatic carbocycles. The average Bonchev–Trinajstić information content (AvgIpc) is 2.88. The van der Waals surface area contributed by atoms with Crippen LogP contribution in [0.2, 0.25) is 0 Å². The second-order valence-corrected chi connectivity index (χ2v) is 11.8. The van der Waals surface area contributed by atoms with Gasteiger partial charge in [0.25, 0.3) is 0 Å². The van der Waals surface area contributed by atoms with Crippen molar-refractivity contribution in [1.82, 2.24) is 0 Å². The minimum atomic E-state index is -4.82. The molecule has 6 heteroatoms. The number of benzene rings is 2. The zero-order valence-electron chi connectivity index (χ0n) is 22.6. The van der Waals surface area contributed by atoms with E-state index in [-0.39, 0.29) is 17.0 Å². The lowest BCUT2D eigenvalue weighted by Gasteiger charge is -2.36. The SMILES string of the molecule is CCCCC1CCC(C(C)CC2CCC(c3cc(F)c(-c4ccc(OC(F)(F)F)cc4)c(F)c3)CC2)CC1. The highest BCUT2D eigenvalue weighted by molar-refractivity contribution is 5.66. The predicted octanol–water partition coefficient (Wildman–Crippen LogP) is 10.8. The zero-order valence-corrected chi connectivity index (χ0v) is 22.6. The van der Waals surface area contributed by atoms with Crippen molar-refractivity contribution in [1.29, 1.82) is 0 Å². The molecule has 0 heterocycles. The number of hydrogen-bond acceptors (Lipinski definition) is 1. The third kappa shape index (κ3) is 7.72. The van der Waals surface area contributed by atoms with E-state index < -0.39 is 23.7 Å². The number of alkyl halides is 3. The maximum atomic E-state index is 15.0. The molecule has 0 saturated heterocycles. The fraction of sp³-hybridized carbons (Fsp3) is 0.625. The third-order valence-corrected chi connectivity index (χ3v) is 9.13. The summed E-state index contributed by atoms with van der Waals surface area (Å²) in [5.41, 5.74) is 0.634. The first kappa shape index (κ1) is 28.9. The maximum absolute atomic E-state index is 15.0.